The lowest BCUT2D eigenvalue weighted by molar-refractivity contribution is -0.427. The molecule has 1 atom stereocenters. The number of nitrogens with two attached hydrogens (primary N) is 1. The van der Waals surface area contributed by atoms with Gasteiger partial charge in [-0.15, -0.1) is 0 Å². The van der Waals surface area contributed by atoms with Crippen LogP contribution in [0.4, 0.5) is 0 Å². The molecule has 0 bridgehead atoms. The zero-order valence-electron chi connectivity index (χ0n) is 17.1. The van der Waals surface area contributed by atoms with Crippen LogP contribution in [0.15, 0.2) is 89.6 Å². The standard InChI is InChI=1S/C24H19N3O4S/c1-15-7-9-18(10-8-15)32(30,31)26-12-11-17-13-20-19(14-21(17)26)22(16-5-3-2-4-6-16)24(23(20)25)27(28)29/h2-14,22H,25H2,1H3. The van der Waals surface area contributed by atoms with Gasteiger partial charge in [-0.2, -0.15) is 0 Å². The van der Waals surface area contributed by atoms with Crippen LogP contribution < -0.4 is 5.73 Å². The molecule has 2 N–H and O–H groups in total. The van der Waals surface area contributed by atoms with Crippen LogP contribution in [-0.4, -0.2) is 17.3 Å². The monoisotopic (exact) mass is 445 g/mol. The van der Waals surface area contributed by atoms with Crippen molar-refractivity contribution in [2.75, 3.05) is 0 Å². The van der Waals surface area contributed by atoms with Crippen LogP contribution in [0.1, 0.15) is 28.2 Å². The van der Waals surface area contributed by atoms with Crippen molar-refractivity contribution in [3.05, 3.63) is 117 Å². The molecule has 0 radical (unpaired) electrons. The Kier molecular flexibility index (Phi) is 4.42. The summed E-state index contributed by atoms with van der Waals surface area (Å²) < 4.78 is 27.9. The fraction of sp³-hybridized carbons (Fsp3) is 0.0833. The molecule has 1 aliphatic rings. The predicted octanol–water partition coefficient (Wildman–Crippen LogP) is 4.24. The maximum Gasteiger partial charge on any atom is 0.281 e. The fourth-order valence-electron chi connectivity index (χ4n) is 4.31. The summed E-state index contributed by atoms with van der Waals surface area (Å²) in [6.07, 6.45) is 1.50. The first-order valence-electron chi connectivity index (χ1n) is 9.95. The molecule has 0 saturated heterocycles. The minimum Gasteiger partial charge on any atom is -0.393 e. The van der Waals surface area contributed by atoms with E-state index >= 15 is 0 Å². The highest BCUT2D eigenvalue weighted by Crippen LogP contribution is 2.45. The molecule has 1 heterocycles. The summed E-state index contributed by atoms with van der Waals surface area (Å²) in [6.45, 7) is 1.89. The molecule has 5 rings (SSSR count). The Morgan fingerprint density at radius 3 is 2.34 bits per heavy atom. The van der Waals surface area contributed by atoms with E-state index in [1.165, 1.54) is 10.2 Å². The van der Waals surface area contributed by atoms with Crippen molar-refractivity contribution in [2.24, 2.45) is 5.73 Å². The first-order valence-corrected chi connectivity index (χ1v) is 11.4. The summed E-state index contributed by atoms with van der Waals surface area (Å²) in [6, 6.07) is 20.8. The van der Waals surface area contributed by atoms with E-state index in [9.17, 15) is 18.5 Å². The van der Waals surface area contributed by atoms with Gasteiger partial charge >= 0.3 is 0 Å². The highest BCUT2D eigenvalue weighted by atomic mass is 32.2. The van der Waals surface area contributed by atoms with Gasteiger partial charge in [0.1, 0.15) is 11.6 Å². The Morgan fingerprint density at radius 2 is 1.69 bits per heavy atom. The van der Waals surface area contributed by atoms with Crippen molar-refractivity contribution in [1.82, 2.24) is 3.97 Å². The van der Waals surface area contributed by atoms with Crippen molar-refractivity contribution < 1.29 is 13.3 Å². The Morgan fingerprint density at radius 1 is 1.00 bits per heavy atom. The average Bonchev–Trinajstić information content (AvgIpc) is 3.32. The van der Waals surface area contributed by atoms with E-state index < -0.39 is 20.9 Å². The van der Waals surface area contributed by atoms with E-state index in [2.05, 4.69) is 0 Å². The van der Waals surface area contributed by atoms with E-state index in [0.717, 1.165) is 11.1 Å². The van der Waals surface area contributed by atoms with Crippen LogP contribution in [0.25, 0.3) is 16.6 Å². The van der Waals surface area contributed by atoms with Gasteiger partial charge in [-0.25, -0.2) is 12.4 Å². The molecule has 7 nitrogen and oxygen atoms in total. The zero-order valence-corrected chi connectivity index (χ0v) is 17.9. The lowest BCUT2D eigenvalue weighted by Crippen LogP contribution is -2.12. The Labute approximate surface area is 184 Å². The molecular weight excluding hydrogens is 426 g/mol. The highest BCUT2D eigenvalue weighted by Gasteiger charge is 2.40. The SMILES string of the molecule is Cc1ccc(S(=O)(=O)n2ccc3cc4c(cc32)C(c2ccccc2)C([N+](=O)[O-])=C4N)cc1. The van der Waals surface area contributed by atoms with Crippen LogP contribution >= 0.6 is 0 Å². The van der Waals surface area contributed by atoms with Gasteiger partial charge in [0.05, 0.1) is 15.3 Å². The number of hydrogen-bond acceptors (Lipinski definition) is 5. The van der Waals surface area contributed by atoms with Crippen LogP contribution in [-0.2, 0) is 10.0 Å². The minimum atomic E-state index is -3.84. The van der Waals surface area contributed by atoms with Gasteiger partial charge in [0.2, 0.25) is 0 Å². The number of aryl methyl sites for hydroxylation is 1. The topological polar surface area (TPSA) is 108 Å². The van der Waals surface area contributed by atoms with Crippen molar-refractivity contribution in [3.63, 3.8) is 0 Å². The molecule has 1 aliphatic carbocycles. The van der Waals surface area contributed by atoms with Gasteiger partial charge in [0, 0.05) is 17.1 Å². The number of nitro groups is 1. The third kappa shape index (κ3) is 2.91. The number of hydrogen-bond donors (Lipinski definition) is 1. The molecule has 0 fully saturated rings. The molecule has 8 heteroatoms. The van der Waals surface area contributed by atoms with Gasteiger partial charge in [0.15, 0.2) is 0 Å². The van der Waals surface area contributed by atoms with E-state index in [4.69, 9.17) is 5.73 Å². The molecule has 3 aromatic carbocycles. The van der Waals surface area contributed by atoms with Crippen molar-refractivity contribution in [3.8, 4) is 0 Å². The summed E-state index contributed by atoms with van der Waals surface area (Å²) in [7, 11) is -3.84. The molecule has 0 amide bonds. The molecule has 0 spiro atoms. The highest BCUT2D eigenvalue weighted by molar-refractivity contribution is 7.90. The minimum absolute atomic E-state index is 0.0909. The van der Waals surface area contributed by atoms with Crippen molar-refractivity contribution >= 4 is 26.6 Å². The van der Waals surface area contributed by atoms with Crippen LogP contribution in [0.5, 0.6) is 0 Å². The molecular formula is C24H19N3O4S. The fourth-order valence-corrected chi connectivity index (χ4v) is 5.65. The second kappa shape index (κ2) is 7.06. The summed E-state index contributed by atoms with van der Waals surface area (Å²) in [5.74, 6) is -0.684. The van der Waals surface area contributed by atoms with Gasteiger partial charge in [-0.1, -0.05) is 48.0 Å². The third-order valence-corrected chi connectivity index (χ3v) is 7.59. The molecule has 1 unspecified atom stereocenters. The average molecular weight is 446 g/mol. The Bertz CT molecular complexity index is 1520. The maximum absolute atomic E-state index is 13.3. The molecule has 0 aliphatic heterocycles. The Balaban J connectivity index is 1.74. The predicted molar refractivity (Wildman–Crippen MR) is 122 cm³/mol. The molecule has 1 aromatic heterocycles. The van der Waals surface area contributed by atoms with Gasteiger partial charge in [0.25, 0.3) is 15.7 Å². The normalized spacial score (nSPS) is 15.8. The second-order valence-electron chi connectivity index (χ2n) is 7.83. The molecule has 0 saturated carbocycles. The number of nitrogens with zero attached hydrogens (tertiary/aromatic N) is 2. The van der Waals surface area contributed by atoms with Crippen molar-refractivity contribution in [2.45, 2.75) is 17.7 Å². The van der Waals surface area contributed by atoms with E-state index in [1.54, 1.807) is 42.5 Å². The van der Waals surface area contributed by atoms with Gasteiger partial charge in [-0.05, 0) is 48.4 Å². The smallest absolute Gasteiger partial charge is 0.281 e. The van der Waals surface area contributed by atoms with Crippen LogP contribution in [0.2, 0.25) is 0 Å². The molecule has 32 heavy (non-hydrogen) atoms. The Hall–Kier alpha value is -3.91. The number of allylic oxidation sites excluding steroid dienone is 1. The zero-order chi connectivity index (χ0) is 22.6. The van der Waals surface area contributed by atoms with Gasteiger partial charge in [-0.3, -0.25) is 10.1 Å². The summed E-state index contributed by atoms with van der Waals surface area (Å²) in [5, 5.41) is 12.5. The van der Waals surface area contributed by atoms with Crippen LogP contribution in [0.3, 0.4) is 0 Å². The first kappa shape index (κ1) is 20.0. The van der Waals surface area contributed by atoms with Crippen LogP contribution in [0, 0.1) is 17.0 Å². The summed E-state index contributed by atoms with van der Waals surface area (Å²) in [5.41, 5.74) is 9.54. The number of rotatable bonds is 4. The quantitative estimate of drug-likeness (QED) is 0.373. The number of aromatic nitrogens is 1. The van der Waals surface area contributed by atoms with E-state index in [-0.39, 0.29) is 16.3 Å². The first-order chi connectivity index (χ1) is 15.3. The number of fused-ring (bicyclic) bond motifs is 2. The molecule has 4 aromatic rings. The largest absolute Gasteiger partial charge is 0.393 e. The molecule has 160 valence electrons. The summed E-state index contributed by atoms with van der Waals surface area (Å²) in [4.78, 5) is 11.6. The van der Waals surface area contributed by atoms with Crippen molar-refractivity contribution in [1.29, 1.82) is 0 Å². The second-order valence-corrected chi connectivity index (χ2v) is 9.64. The van der Waals surface area contributed by atoms with E-state index in [0.29, 0.717) is 22.0 Å². The lowest BCUT2D eigenvalue weighted by Gasteiger charge is -2.13. The van der Waals surface area contributed by atoms with Gasteiger partial charge < -0.3 is 5.73 Å². The lowest BCUT2D eigenvalue weighted by atomic mass is 9.91. The maximum atomic E-state index is 13.3. The third-order valence-electron chi connectivity index (χ3n) is 5.88. The van der Waals surface area contributed by atoms with E-state index in [1.807, 2.05) is 37.3 Å². The summed E-state index contributed by atoms with van der Waals surface area (Å²) >= 11 is 0. The number of benzene rings is 3.